The zero-order valence-electron chi connectivity index (χ0n) is 11.1. The van der Waals surface area contributed by atoms with E-state index in [9.17, 15) is 4.79 Å². The number of para-hydroxylation sites is 1. The third kappa shape index (κ3) is 3.17. The first-order valence-electron chi connectivity index (χ1n) is 6.50. The minimum absolute atomic E-state index is 0.157. The molecule has 5 heteroatoms. The highest BCUT2D eigenvalue weighted by atomic mass is 16.5. The lowest BCUT2D eigenvalue weighted by Gasteiger charge is -2.29. The Morgan fingerprint density at radius 1 is 1.58 bits per heavy atom. The number of ether oxygens (including phenoxy) is 1. The average molecular weight is 264 g/mol. The summed E-state index contributed by atoms with van der Waals surface area (Å²) in [6.07, 6.45) is 2.23. The summed E-state index contributed by atoms with van der Waals surface area (Å²) >= 11 is 0. The third-order valence-corrected chi connectivity index (χ3v) is 3.51. The lowest BCUT2D eigenvalue weighted by atomic mass is 10.0. The Hall–Kier alpha value is -1.75. The quantitative estimate of drug-likeness (QED) is 0.811. The Morgan fingerprint density at radius 3 is 3.00 bits per heavy atom. The summed E-state index contributed by atoms with van der Waals surface area (Å²) in [5, 5.41) is 9.07. The van der Waals surface area contributed by atoms with Crippen molar-refractivity contribution in [3.63, 3.8) is 0 Å². The highest BCUT2D eigenvalue weighted by Crippen LogP contribution is 2.27. The molecule has 1 atom stereocenters. The van der Waals surface area contributed by atoms with Gasteiger partial charge in [-0.2, -0.15) is 0 Å². The fourth-order valence-electron chi connectivity index (χ4n) is 2.51. The largest absolute Gasteiger partial charge is 0.478 e. The van der Waals surface area contributed by atoms with Crippen molar-refractivity contribution in [2.24, 2.45) is 5.92 Å². The number of rotatable bonds is 4. The number of benzene rings is 1. The van der Waals surface area contributed by atoms with Crippen molar-refractivity contribution in [2.75, 3.05) is 37.4 Å². The number of aromatic carboxylic acids is 1. The summed E-state index contributed by atoms with van der Waals surface area (Å²) in [5.74, 6) is -0.514. The number of carbonyl (C=O) groups is 1. The maximum absolute atomic E-state index is 11.1. The van der Waals surface area contributed by atoms with Crippen LogP contribution in [0.3, 0.4) is 0 Å². The average Bonchev–Trinajstić information content (AvgIpc) is 2.39. The summed E-state index contributed by atoms with van der Waals surface area (Å²) in [6, 6.07) is 5.10. The van der Waals surface area contributed by atoms with E-state index < -0.39 is 5.97 Å². The van der Waals surface area contributed by atoms with Crippen molar-refractivity contribution < 1.29 is 14.6 Å². The Labute approximate surface area is 113 Å². The van der Waals surface area contributed by atoms with Crippen molar-refractivity contribution in [2.45, 2.75) is 12.8 Å². The monoisotopic (exact) mass is 264 g/mol. The zero-order valence-corrected chi connectivity index (χ0v) is 11.1. The predicted molar refractivity (Wildman–Crippen MR) is 74.6 cm³/mol. The Bertz CT molecular complexity index is 456. The molecule has 1 aromatic rings. The Morgan fingerprint density at radius 2 is 2.37 bits per heavy atom. The van der Waals surface area contributed by atoms with E-state index in [2.05, 4.69) is 0 Å². The van der Waals surface area contributed by atoms with Gasteiger partial charge in [0.2, 0.25) is 0 Å². The van der Waals surface area contributed by atoms with Gasteiger partial charge >= 0.3 is 5.97 Å². The first kappa shape index (κ1) is 13.7. The van der Waals surface area contributed by atoms with Gasteiger partial charge in [-0.3, -0.25) is 0 Å². The molecule has 1 saturated heterocycles. The van der Waals surface area contributed by atoms with Crippen molar-refractivity contribution >= 4 is 17.3 Å². The number of anilines is 2. The molecule has 0 bridgehead atoms. The van der Waals surface area contributed by atoms with Gasteiger partial charge in [0.05, 0.1) is 23.5 Å². The van der Waals surface area contributed by atoms with Gasteiger partial charge in [0.25, 0.3) is 0 Å². The number of carboxylic acids is 1. The van der Waals surface area contributed by atoms with Crippen LogP contribution in [0.5, 0.6) is 0 Å². The molecule has 0 aliphatic carbocycles. The molecule has 1 unspecified atom stereocenters. The fraction of sp³-hybridized carbons (Fsp3) is 0.500. The summed E-state index contributed by atoms with van der Waals surface area (Å²) in [6.45, 7) is 2.44. The van der Waals surface area contributed by atoms with Crippen molar-refractivity contribution in [3.05, 3.63) is 23.8 Å². The standard InChI is InChI=1S/C14H20N2O3/c1-16(8-10-4-3-7-19-9-10)12-6-2-5-11(13(12)15)14(17)18/h2,5-6,10H,3-4,7-9,15H2,1H3,(H,17,18). The molecule has 1 aliphatic rings. The van der Waals surface area contributed by atoms with E-state index in [1.807, 2.05) is 18.0 Å². The number of hydrogen-bond acceptors (Lipinski definition) is 4. The normalized spacial score (nSPS) is 19.1. The second-order valence-corrected chi connectivity index (χ2v) is 5.01. The summed E-state index contributed by atoms with van der Waals surface area (Å²) in [5.41, 5.74) is 7.19. The van der Waals surface area contributed by atoms with E-state index in [1.54, 1.807) is 6.07 Å². The molecule has 5 nitrogen and oxygen atoms in total. The number of nitrogens with zero attached hydrogens (tertiary/aromatic N) is 1. The van der Waals surface area contributed by atoms with Crippen LogP contribution in [-0.4, -0.2) is 37.9 Å². The van der Waals surface area contributed by atoms with Gasteiger partial charge in [-0.05, 0) is 30.9 Å². The first-order valence-corrected chi connectivity index (χ1v) is 6.50. The molecule has 1 aromatic carbocycles. The minimum Gasteiger partial charge on any atom is -0.478 e. The molecule has 2 rings (SSSR count). The first-order chi connectivity index (χ1) is 9.09. The van der Waals surface area contributed by atoms with Gasteiger partial charge in [0.15, 0.2) is 0 Å². The molecular formula is C14H20N2O3. The number of nitrogens with two attached hydrogens (primary N) is 1. The highest BCUT2D eigenvalue weighted by Gasteiger charge is 2.19. The molecule has 0 aromatic heterocycles. The van der Waals surface area contributed by atoms with Crippen LogP contribution in [0.4, 0.5) is 11.4 Å². The van der Waals surface area contributed by atoms with Crippen LogP contribution in [0.15, 0.2) is 18.2 Å². The lowest BCUT2D eigenvalue weighted by molar-refractivity contribution is 0.0576. The van der Waals surface area contributed by atoms with Crippen LogP contribution in [0.2, 0.25) is 0 Å². The molecule has 0 saturated carbocycles. The van der Waals surface area contributed by atoms with Gasteiger partial charge in [0, 0.05) is 20.2 Å². The van der Waals surface area contributed by atoms with Gasteiger partial charge in [-0.15, -0.1) is 0 Å². The van der Waals surface area contributed by atoms with Crippen LogP contribution in [0.25, 0.3) is 0 Å². The minimum atomic E-state index is -0.992. The van der Waals surface area contributed by atoms with Crippen LogP contribution >= 0.6 is 0 Å². The third-order valence-electron chi connectivity index (χ3n) is 3.51. The van der Waals surface area contributed by atoms with Crippen LogP contribution < -0.4 is 10.6 Å². The summed E-state index contributed by atoms with van der Waals surface area (Å²) in [7, 11) is 1.94. The van der Waals surface area contributed by atoms with E-state index in [0.717, 1.165) is 38.3 Å². The summed E-state index contributed by atoms with van der Waals surface area (Å²) in [4.78, 5) is 13.1. The van der Waals surface area contributed by atoms with Gasteiger partial charge in [-0.1, -0.05) is 6.07 Å². The summed E-state index contributed by atoms with van der Waals surface area (Å²) < 4.78 is 5.46. The van der Waals surface area contributed by atoms with E-state index >= 15 is 0 Å². The lowest BCUT2D eigenvalue weighted by Crippen LogP contribution is -2.31. The molecule has 1 fully saturated rings. The van der Waals surface area contributed by atoms with Crippen LogP contribution in [-0.2, 0) is 4.74 Å². The second kappa shape index (κ2) is 5.93. The zero-order chi connectivity index (χ0) is 13.8. The number of nitrogen functional groups attached to an aromatic ring is 1. The van der Waals surface area contributed by atoms with Crippen molar-refractivity contribution in [1.29, 1.82) is 0 Å². The topological polar surface area (TPSA) is 75.8 Å². The van der Waals surface area contributed by atoms with Gasteiger partial charge < -0.3 is 20.5 Å². The number of hydrogen-bond donors (Lipinski definition) is 2. The number of carboxylic acid groups (broad SMARTS) is 1. The molecule has 0 spiro atoms. The van der Waals surface area contributed by atoms with E-state index in [1.165, 1.54) is 6.07 Å². The van der Waals surface area contributed by atoms with E-state index in [4.69, 9.17) is 15.6 Å². The fourth-order valence-corrected chi connectivity index (χ4v) is 2.51. The maximum Gasteiger partial charge on any atom is 0.337 e. The molecule has 0 amide bonds. The molecule has 3 N–H and O–H groups in total. The van der Waals surface area contributed by atoms with Crippen LogP contribution in [0, 0.1) is 5.92 Å². The molecule has 1 heterocycles. The molecular weight excluding hydrogens is 244 g/mol. The Kier molecular flexibility index (Phi) is 4.27. The molecule has 1 aliphatic heterocycles. The van der Waals surface area contributed by atoms with E-state index in [0.29, 0.717) is 11.6 Å². The van der Waals surface area contributed by atoms with Crippen LogP contribution in [0.1, 0.15) is 23.2 Å². The van der Waals surface area contributed by atoms with Gasteiger partial charge in [-0.25, -0.2) is 4.79 Å². The second-order valence-electron chi connectivity index (χ2n) is 5.01. The van der Waals surface area contributed by atoms with Crippen molar-refractivity contribution in [3.8, 4) is 0 Å². The molecule has 104 valence electrons. The smallest absolute Gasteiger partial charge is 0.337 e. The molecule has 0 radical (unpaired) electrons. The van der Waals surface area contributed by atoms with E-state index in [-0.39, 0.29) is 5.56 Å². The molecule has 19 heavy (non-hydrogen) atoms. The van der Waals surface area contributed by atoms with Gasteiger partial charge in [0.1, 0.15) is 0 Å². The Balaban J connectivity index is 2.12. The maximum atomic E-state index is 11.1. The SMILES string of the molecule is CN(CC1CCCOC1)c1cccc(C(=O)O)c1N. The predicted octanol–water partition coefficient (Wildman–Crippen LogP) is 1.83. The highest BCUT2D eigenvalue weighted by molar-refractivity contribution is 5.97. The van der Waals surface area contributed by atoms with Crippen molar-refractivity contribution in [1.82, 2.24) is 0 Å².